The van der Waals surface area contributed by atoms with Crippen LogP contribution in [0.15, 0.2) is 60.7 Å². The molecule has 1 spiro atoms. The minimum absolute atomic E-state index is 0.254. The molecule has 7 nitrogen and oxygen atoms in total. The highest BCUT2D eigenvalue weighted by molar-refractivity contribution is 5.97. The number of alkyl carbamates (subject to hydrolysis) is 1. The van der Waals surface area contributed by atoms with Crippen molar-refractivity contribution in [3.63, 3.8) is 0 Å². The van der Waals surface area contributed by atoms with Crippen LogP contribution in [0.25, 0.3) is 0 Å². The van der Waals surface area contributed by atoms with Gasteiger partial charge in [0, 0.05) is 29.8 Å². The lowest BCUT2D eigenvalue weighted by Crippen LogP contribution is -2.33. The summed E-state index contributed by atoms with van der Waals surface area (Å²) in [6.45, 7) is 4.95. The largest absolute Gasteiger partial charge is 0.456 e. The Morgan fingerprint density at radius 1 is 0.892 bits per heavy atom. The van der Waals surface area contributed by atoms with E-state index in [0.29, 0.717) is 12.1 Å². The third-order valence-corrected chi connectivity index (χ3v) is 6.56. The molecular weight excluding hydrogens is 470 g/mol. The van der Waals surface area contributed by atoms with Crippen LogP contribution in [-0.4, -0.2) is 37.4 Å². The summed E-state index contributed by atoms with van der Waals surface area (Å²) in [5, 5.41) is 11.0. The number of carbonyl (C=O) groups excluding carboxylic acids is 2. The summed E-state index contributed by atoms with van der Waals surface area (Å²) in [5.41, 5.74) is 4.48. The van der Waals surface area contributed by atoms with E-state index in [1.54, 1.807) is 0 Å². The first-order valence-corrected chi connectivity index (χ1v) is 12.6. The van der Waals surface area contributed by atoms with Crippen LogP contribution in [0.3, 0.4) is 0 Å². The SMILES string of the molecule is COC(=O)NCCCCCCO.Cc1ccc2c(c1)Oc1cc(C)ccc1C21OC(=O)c2ccccc21. The van der Waals surface area contributed by atoms with Crippen molar-refractivity contribution in [2.24, 2.45) is 0 Å². The molecule has 0 saturated carbocycles. The second kappa shape index (κ2) is 11.5. The minimum atomic E-state index is -0.946. The summed E-state index contributed by atoms with van der Waals surface area (Å²) < 4.78 is 16.6. The van der Waals surface area contributed by atoms with Crippen LogP contribution in [-0.2, 0) is 15.1 Å². The number of unbranched alkanes of at least 4 members (excludes halogenated alkanes) is 3. The zero-order valence-electron chi connectivity index (χ0n) is 21.5. The monoisotopic (exact) mass is 503 g/mol. The van der Waals surface area contributed by atoms with Crippen LogP contribution >= 0.6 is 0 Å². The number of fused-ring (bicyclic) bond motifs is 6. The Morgan fingerprint density at radius 2 is 1.51 bits per heavy atom. The second-order valence-corrected chi connectivity index (χ2v) is 9.27. The minimum Gasteiger partial charge on any atom is -0.456 e. The molecule has 0 saturated heterocycles. The van der Waals surface area contributed by atoms with E-state index in [4.69, 9.17) is 14.6 Å². The van der Waals surface area contributed by atoms with Gasteiger partial charge in [-0.2, -0.15) is 0 Å². The number of aryl methyl sites for hydroxylation is 2. The molecule has 194 valence electrons. The summed E-state index contributed by atoms with van der Waals surface area (Å²) in [6.07, 6.45) is 3.45. The molecule has 0 radical (unpaired) electrons. The van der Waals surface area contributed by atoms with E-state index in [-0.39, 0.29) is 18.7 Å². The molecule has 0 unspecified atom stereocenters. The smallest absolute Gasteiger partial charge is 0.406 e. The quantitative estimate of drug-likeness (QED) is 0.328. The molecule has 3 aromatic rings. The Labute approximate surface area is 217 Å². The molecule has 7 heteroatoms. The van der Waals surface area contributed by atoms with Crippen molar-refractivity contribution in [2.75, 3.05) is 20.3 Å². The molecule has 2 N–H and O–H groups in total. The first-order valence-electron chi connectivity index (χ1n) is 12.6. The van der Waals surface area contributed by atoms with Crippen LogP contribution in [0.4, 0.5) is 4.79 Å². The van der Waals surface area contributed by atoms with E-state index in [1.165, 1.54) is 7.11 Å². The highest BCUT2D eigenvalue weighted by Crippen LogP contribution is 2.56. The summed E-state index contributed by atoms with van der Waals surface area (Å²) in [6, 6.07) is 19.7. The molecular formula is C30H33NO6. The van der Waals surface area contributed by atoms with Crippen molar-refractivity contribution < 1.29 is 28.9 Å². The molecule has 37 heavy (non-hydrogen) atoms. The molecule has 3 aromatic carbocycles. The van der Waals surface area contributed by atoms with Gasteiger partial charge in [-0.3, -0.25) is 0 Å². The number of benzene rings is 3. The second-order valence-electron chi connectivity index (χ2n) is 9.27. The van der Waals surface area contributed by atoms with Crippen LogP contribution in [0.5, 0.6) is 11.5 Å². The summed E-state index contributed by atoms with van der Waals surface area (Å²) in [7, 11) is 1.35. The number of amides is 1. The van der Waals surface area contributed by atoms with E-state index in [2.05, 4.69) is 10.1 Å². The van der Waals surface area contributed by atoms with E-state index < -0.39 is 5.60 Å². The summed E-state index contributed by atoms with van der Waals surface area (Å²) in [5.74, 6) is 1.18. The number of rotatable bonds is 6. The topological polar surface area (TPSA) is 94.1 Å². The van der Waals surface area contributed by atoms with Gasteiger partial charge in [0.15, 0.2) is 5.60 Å². The van der Waals surface area contributed by atoms with Gasteiger partial charge in [-0.15, -0.1) is 0 Å². The first-order chi connectivity index (χ1) is 17.9. The van der Waals surface area contributed by atoms with Gasteiger partial charge in [0.25, 0.3) is 0 Å². The van der Waals surface area contributed by atoms with Gasteiger partial charge in [0.05, 0.1) is 12.7 Å². The molecule has 5 rings (SSSR count). The highest BCUT2D eigenvalue weighted by Gasteiger charge is 2.53. The predicted octanol–water partition coefficient (Wildman–Crippen LogP) is 5.77. The lowest BCUT2D eigenvalue weighted by molar-refractivity contribution is 0.0224. The number of aliphatic hydroxyl groups is 1. The fraction of sp³-hybridized carbons (Fsp3) is 0.333. The molecule has 1 amide bonds. The summed E-state index contributed by atoms with van der Waals surface area (Å²) >= 11 is 0. The molecule has 0 atom stereocenters. The molecule has 2 aliphatic heterocycles. The average molecular weight is 504 g/mol. The van der Waals surface area contributed by atoms with E-state index in [0.717, 1.165) is 65.0 Å². The number of ether oxygens (including phenoxy) is 3. The van der Waals surface area contributed by atoms with Crippen molar-refractivity contribution in [1.82, 2.24) is 5.32 Å². The molecule has 0 aromatic heterocycles. The maximum Gasteiger partial charge on any atom is 0.406 e. The van der Waals surface area contributed by atoms with E-state index in [1.807, 2.05) is 74.5 Å². The number of esters is 1. The Balaban J connectivity index is 0.000000229. The maximum atomic E-state index is 12.6. The van der Waals surface area contributed by atoms with Crippen molar-refractivity contribution >= 4 is 12.1 Å². The van der Waals surface area contributed by atoms with Gasteiger partial charge in [-0.1, -0.05) is 55.3 Å². The maximum absolute atomic E-state index is 12.6. The van der Waals surface area contributed by atoms with Crippen LogP contribution in [0.1, 0.15) is 63.9 Å². The Hall–Kier alpha value is -3.84. The molecule has 0 aliphatic carbocycles. The number of hydrogen-bond acceptors (Lipinski definition) is 6. The zero-order valence-corrected chi connectivity index (χ0v) is 21.5. The zero-order chi connectivity index (χ0) is 26.4. The van der Waals surface area contributed by atoms with Crippen LogP contribution in [0.2, 0.25) is 0 Å². The van der Waals surface area contributed by atoms with Gasteiger partial charge >= 0.3 is 12.1 Å². The fourth-order valence-electron chi connectivity index (χ4n) is 4.74. The number of aliphatic hydroxyl groups excluding tert-OH is 1. The van der Waals surface area contributed by atoms with Crippen LogP contribution in [0, 0.1) is 13.8 Å². The van der Waals surface area contributed by atoms with E-state index >= 15 is 0 Å². The van der Waals surface area contributed by atoms with Gasteiger partial charge in [-0.25, -0.2) is 9.59 Å². The lowest BCUT2D eigenvalue weighted by atomic mass is 9.77. The number of carbonyl (C=O) groups is 2. The van der Waals surface area contributed by atoms with Gasteiger partial charge < -0.3 is 24.6 Å². The number of methoxy groups -OCH3 is 1. The molecule has 0 bridgehead atoms. The van der Waals surface area contributed by atoms with Crippen molar-refractivity contribution in [3.8, 4) is 11.5 Å². The highest BCUT2D eigenvalue weighted by atomic mass is 16.6. The molecule has 0 fully saturated rings. The Morgan fingerprint density at radius 3 is 2.14 bits per heavy atom. The summed E-state index contributed by atoms with van der Waals surface area (Å²) in [4.78, 5) is 23.2. The third kappa shape index (κ3) is 5.32. The molecule has 2 aliphatic rings. The molecule has 2 heterocycles. The van der Waals surface area contributed by atoms with Crippen molar-refractivity contribution in [2.45, 2.75) is 45.1 Å². The predicted molar refractivity (Wildman–Crippen MR) is 140 cm³/mol. The lowest BCUT2D eigenvalue weighted by Gasteiger charge is -2.36. The third-order valence-electron chi connectivity index (χ3n) is 6.56. The van der Waals surface area contributed by atoms with Gasteiger partial charge in [0.1, 0.15) is 11.5 Å². The van der Waals surface area contributed by atoms with Gasteiger partial charge in [-0.05, 0) is 56.0 Å². The normalized spacial score (nSPS) is 13.8. The van der Waals surface area contributed by atoms with Crippen LogP contribution < -0.4 is 10.1 Å². The number of hydrogen-bond donors (Lipinski definition) is 2. The number of nitrogens with one attached hydrogen (secondary N) is 1. The Kier molecular flexibility index (Phi) is 8.14. The first kappa shape index (κ1) is 26.2. The fourth-order valence-corrected chi connectivity index (χ4v) is 4.74. The van der Waals surface area contributed by atoms with Gasteiger partial charge in [0.2, 0.25) is 0 Å². The van der Waals surface area contributed by atoms with Crippen molar-refractivity contribution in [1.29, 1.82) is 0 Å². The Bertz CT molecular complexity index is 1230. The van der Waals surface area contributed by atoms with Crippen molar-refractivity contribution in [3.05, 3.63) is 94.0 Å². The van der Waals surface area contributed by atoms with E-state index in [9.17, 15) is 9.59 Å². The standard InChI is InChI=1S/C22H16O3.C8H17NO3/c1-13-7-9-17-19(11-13)24-20-12-14(2)8-10-18(20)22(17)16-6-4-3-5-15(16)21(23)25-22;1-12-8(11)9-6-4-2-3-5-7-10/h3-12H,1-2H3;10H,2-7H2,1H3,(H,9,11). The average Bonchev–Trinajstić information content (AvgIpc) is 3.19.